The molecule has 2 N–H and O–H groups in total. The summed E-state index contributed by atoms with van der Waals surface area (Å²) in [5, 5.41) is 18.2. The minimum atomic E-state index is -2.81. The van der Waals surface area contributed by atoms with Crippen molar-refractivity contribution in [2.45, 2.75) is 39.2 Å². The van der Waals surface area contributed by atoms with Gasteiger partial charge in [-0.05, 0) is 43.5 Å². The number of aliphatic imine (C=N–C) groups is 1. The number of carboxylic acids is 1. The Morgan fingerprint density at radius 1 is 1.42 bits per heavy atom. The number of rotatable bonds is 7. The van der Waals surface area contributed by atoms with Gasteiger partial charge < -0.3 is 10.2 Å². The molecule has 1 aromatic rings. The van der Waals surface area contributed by atoms with Crippen LogP contribution in [-0.4, -0.2) is 46.1 Å². The van der Waals surface area contributed by atoms with Crippen molar-refractivity contribution in [3.63, 3.8) is 0 Å². The molecule has 1 unspecified atom stereocenters. The molecule has 0 fully saturated rings. The number of benzene rings is 1. The number of aliphatic carboxylic acids is 1. The number of phenols is 1. The van der Waals surface area contributed by atoms with Gasteiger partial charge in [-0.25, -0.2) is 4.99 Å². The Hall–Kier alpha value is -2.71. The molecule has 0 saturated heterocycles. The van der Waals surface area contributed by atoms with Crippen LogP contribution in [-0.2, 0) is 9.59 Å². The van der Waals surface area contributed by atoms with E-state index in [0.29, 0.717) is 12.3 Å². The zero-order chi connectivity index (χ0) is 19.4. The minimum absolute atomic E-state index is 0.00358. The highest BCUT2D eigenvalue weighted by atomic mass is 19.2. The minimum Gasteiger partial charge on any atom is -0.508 e. The van der Waals surface area contributed by atoms with E-state index in [9.17, 15) is 23.3 Å². The van der Waals surface area contributed by atoms with Crippen LogP contribution >= 0.6 is 0 Å². The third-order valence-electron chi connectivity index (χ3n) is 4.19. The van der Waals surface area contributed by atoms with Crippen molar-refractivity contribution < 1.29 is 28.4 Å². The third-order valence-corrected chi connectivity index (χ3v) is 4.19. The molecule has 1 aliphatic rings. The lowest BCUT2D eigenvalue weighted by Gasteiger charge is -2.26. The predicted octanol–water partition coefficient (Wildman–Crippen LogP) is 2.27. The van der Waals surface area contributed by atoms with Gasteiger partial charge >= 0.3 is 13.2 Å². The van der Waals surface area contributed by atoms with Gasteiger partial charge in [-0.2, -0.15) is 0 Å². The van der Waals surface area contributed by atoms with Gasteiger partial charge in [0.15, 0.2) is 0 Å². The van der Waals surface area contributed by atoms with Crippen molar-refractivity contribution in [3.05, 3.63) is 29.5 Å². The van der Waals surface area contributed by atoms with Crippen LogP contribution in [0.15, 0.2) is 28.9 Å². The molecule has 6 nitrogen and oxygen atoms in total. The van der Waals surface area contributed by atoms with Crippen molar-refractivity contribution in [1.82, 2.24) is 4.90 Å². The smallest absolute Gasteiger partial charge is 0.508 e. The Kier molecular flexibility index (Phi) is 6.12. The summed E-state index contributed by atoms with van der Waals surface area (Å²) >= 11 is 0. The molecule has 9 heteroatoms. The standard InChI is InChI=1S/C17H19BF2N2O4/c1-3-12(5-7-16(24)25)22-10(2)21-15(17(22)26)8-11-4-6-13(23)9-14(11)18(19)20/h4,6,8-9,12,23H,3,5,7H2,1-2H3,(H,24,25)/b15-8-. The number of hydrogen-bond acceptors (Lipinski definition) is 4. The van der Waals surface area contributed by atoms with E-state index in [-0.39, 0.29) is 35.9 Å². The lowest BCUT2D eigenvalue weighted by atomic mass is 9.81. The maximum absolute atomic E-state index is 13.2. The summed E-state index contributed by atoms with van der Waals surface area (Å²) in [5.41, 5.74) is -0.295. The van der Waals surface area contributed by atoms with Gasteiger partial charge in [-0.15, -0.1) is 0 Å². The summed E-state index contributed by atoms with van der Waals surface area (Å²) in [6, 6.07) is 3.18. The van der Waals surface area contributed by atoms with Crippen LogP contribution < -0.4 is 5.46 Å². The molecular formula is C17H19BF2N2O4. The Labute approximate surface area is 150 Å². The molecule has 0 spiro atoms. The first kappa shape index (κ1) is 19.6. The van der Waals surface area contributed by atoms with Crippen molar-refractivity contribution in [2.24, 2.45) is 4.99 Å². The molecule has 1 atom stereocenters. The first-order chi connectivity index (χ1) is 12.2. The highest BCUT2D eigenvalue weighted by molar-refractivity contribution is 6.61. The van der Waals surface area contributed by atoms with Crippen LogP contribution in [0.5, 0.6) is 5.75 Å². The van der Waals surface area contributed by atoms with Gasteiger partial charge in [0.05, 0.1) is 0 Å². The number of carboxylic acid groups (broad SMARTS) is 1. The van der Waals surface area contributed by atoms with E-state index in [2.05, 4.69) is 4.99 Å². The van der Waals surface area contributed by atoms with E-state index < -0.39 is 24.6 Å². The molecule has 0 radical (unpaired) electrons. The number of aromatic hydroxyl groups is 1. The number of nitrogens with zero attached hydrogens (tertiary/aromatic N) is 2. The monoisotopic (exact) mass is 364 g/mol. The second-order valence-electron chi connectivity index (χ2n) is 5.97. The van der Waals surface area contributed by atoms with Gasteiger partial charge in [0.25, 0.3) is 5.91 Å². The molecular weight excluding hydrogens is 345 g/mol. The van der Waals surface area contributed by atoms with Gasteiger partial charge in [0.1, 0.15) is 17.3 Å². The SMILES string of the molecule is CCC(CCC(=O)O)N1C(=O)/C(=C/c2ccc(O)cc2B(F)F)N=C1C. The first-order valence-corrected chi connectivity index (χ1v) is 8.18. The number of phenolic OH excluding ortho intramolecular Hbond substituents is 1. The number of carbonyl (C=O) groups excluding carboxylic acids is 1. The highest BCUT2D eigenvalue weighted by Crippen LogP contribution is 2.24. The molecule has 138 valence electrons. The Bertz CT molecular complexity index is 780. The van der Waals surface area contributed by atoms with Crippen molar-refractivity contribution >= 4 is 36.5 Å². The lowest BCUT2D eigenvalue weighted by molar-refractivity contribution is -0.137. The molecule has 0 aromatic heterocycles. The number of halogens is 2. The quantitative estimate of drug-likeness (QED) is 0.574. The summed E-state index contributed by atoms with van der Waals surface area (Å²) in [6.45, 7) is 3.46. The molecule has 0 saturated carbocycles. The number of amides is 1. The maximum atomic E-state index is 13.2. The zero-order valence-electron chi connectivity index (χ0n) is 14.4. The summed E-state index contributed by atoms with van der Waals surface area (Å²) in [5.74, 6) is -1.30. The van der Waals surface area contributed by atoms with Crippen LogP contribution in [0.1, 0.15) is 38.7 Å². The molecule has 1 amide bonds. The van der Waals surface area contributed by atoms with Gasteiger partial charge in [-0.1, -0.05) is 13.0 Å². The number of carbonyl (C=O) groups is 2. The fourth-order valence-electron chi connectivity index (χ4n) is 2.91. The maximum Gasteiger partial charge on any atom is 0.572 e. The van der Waals surface area contributed by atoms with E-state index >= 15 is 0 Å². The Morgan fingerprint density at radius 2 is 2.12 bits per heavy atom. The topological polar surface area (TPSA) is 90.2 Å². The molecule has 2 rings (SSSR count). The van der Waals surface area contributed by atoms with Crippen molar-refractivity contribution in [2.75, 3.05) is 0 Å². The fraction of sp³-hybridized carbons (Fsp3) is 0.353. The molecule has 1 heterocycles. The summed E-state index contributed by atoms with van der Waals surface area (Å²) in [7, 11) is -2.81. The average Bonchev–Trinajstić information content (AvgIpc) is 2.84. The van der Waals surface area contributed by atoms with Crippen LogP contribution in [0.4, 0.5) is 8.63 Å². The van der Waals surface area contributed by atoms with E-state index in [1.54, 1.807) is 6.92 Å². The fourth-order valence-corrected chi connectivity index (χ4v) is 2.91. The van der Waals surface area contributed by atoms with E-state index in [1.165, 1.54) is 23.1 Å². The van der Waals surface area contributed by atoms with Crippen LogP contribution in [0, 0.1) is 0 Å². The van der Waals surface area contributed by atoms with E-state index in [4.69, 9.17) is 5.11 Å². The normalized spacial score (nSPS) is 16.8. The van der Waals surface area contributed by atoms with Crippen LogP contribution in [0.25, 0.3) is 6.08 Å². The Morgan fingerprint density at radius 3 is 2.69 bits per heavy atom. The molecule has 0 bridgehead atoms. The van der Waals surface area contributed by atoms with Crippen molar-refractivity contribution in [1.29, 1.82) is 0 Å². The zero-order valence-corrected chi connectivity index (χ0v) is 14.4. The summed E-state index contributed by atoms with van der Waals surface area (Å²) in [4.78, 5) is 29.0. The van der Waals surface area contributed by atoms with Crippen molar-refractivity contribution in [3.8, 4) is 5.75 Å². The molecule has 1 aromatic carbocycles. The highest BCUT2D eigenvalue weighted by Gasteiger charge is 2.33. The summed E-state index contributed by atoms with van der Waals surface area (Å²) in [6.07, 6.45) is 2.00. The number of amidine groups is 1. The second-order valence-corrected chi connectivity index (χ2v) is 5.97. The van der Waals surface area contributed by atoms with Crippen LogP contribution in [0.2, 0.25) is 0 Å². The largest absolute Gasteiger partial charge is 0.572 e. The van der Waals surface area contributed by atoms with Gasteiger partial charge in [0.2, 0.25) is 0 Å². The molecule has 0 aliphatic carbocycles. The molecule has 26 heavy (non-hydrogen) atoms. The van der Waals surface area contributed by atoms with E-state index in [0.717, 1.165) is 6.07 Å². The second kappa shape index (κ2) is 8.12. The average molecular weight is 364 g/mol. The third kappa shape index (κ3) is 4.28. The van der Waals surface area contributed by atoms with E-state index in [1.807, 2.05) is 6.92 Å². The van der Waals surface area contributed by atoms with Gasteiger partial charge in [0, 0.05) is 17.9 Å². The lowest BCUT2D eigenvalue weighted by Crippen LogP contribution is -2.40. The summed E-state index contributed by atoms with van der Waals surface area (Å²) < 4.78 is 26.3. The van der Waals surface area contributed by atoms with Crippen LogP contribution in [0.3, 0.4) is 0 Å². The Balaban J connectivity index is 2.32. The van der Waals surface area contributed by atoms with Gasteiger partial charge in [-0.3, -0.25) is 23.1 Å². The first-order valence-electron chi connectivity index (χ1n) is 8.18. The number of hydrogen-bond donors (Lipinski definition) is 2. The predicted molar refractivity (Wildman–Crippen MR) is 94.6 cm³/mol. The molecule has 1 aliphatic heterocycles.